The standard InChI is InChI=1S/C14H21N3O2S/c1-5-14(6-2,7-3)16-12(19)10-20-13-15-8-11(9-18)17(13)4/h1,8,18H,6-7,9-10H2,2-4H3,(H,16,19). The summed E-state index contributed by atoms with van der Waals surface area (Å²) in [5.74, 6) is 2.82. The molecule has 0 aliphatic heterocycles. The Morgan fingerprint density at radius 2 is 2.25 bits per heavy atom. The SMILES string of the molecule is C#CC(CC)(CC)NC(=O)CSc1ncc(CO)n1C. The molecule has 0 aliphatic carbocycles. The Labute approximate surface area is 124 Å². The topological polar surface area (TPSA) is 67.2 Å². The van der Waals surface area contributed by atoms with Crippen LogP contribution >= 0.6 is 11.8 Å². The Balaban J connectivity index is 2.59. The Bertz CT molecular complexity index is 501. The maximum Gasteiger partial charge on any atom is 0.231 e. The van der Waals surface area contributed by atoms with Gasteiger partial charge < -0.3 is 15.0 Å². The van der Waals surface area contributed by atoms with Crippen LogP contribution in [0, 0.1) is 12.3 Å². The first-order valence-electron chi connectivity index (χ1n) is 6.55. The van der Waals surface area contributed by atoms with Gasteiger partial charge >= 0.3 is 0 Å². The van der Waals surface area contributed by atoms with Crippen molar-refractivity contribution in [2.75, 3.05) is 5.75 Å². The Hall–Kier alpha value is -1.45. The van der Waals surface area contributed by atoms with Crippen molar-refractivity contribution in [1.82, 2.24) is 14.9 Å². The number of amides is 1. The quantitative estimate of drug-likeness (QED) is 0.588. The second-order valence-electron chi connectivity index (χ2n) is 4.52. The van der Waals surface area contributed by atoms with Crippen molar-refractivity contribution < 1.29 is 9.90 Å². The summed E-state index contributed by atoms with van der Waals surface area (Å²) in [6.45, 7) is 3.86. The van der Waals surface area contributed by atoms with Crippen molar-refractivity contribution in [3.63, 3.8) is 0 Å². The van der Waals surface area contributed by atoms with E-state index in [1.165, 1.54) is 11.8 Å². The van der Waals surface area contributed by atoms with Crippen LogP contribution in [0.3, 0.4) is 0 Å². The van der Waals surface area contributed by atoms with Crippen LogP contribution in [0.1, 0.15) is 32.4 Å². The number of nitrogens with zero attached hydrogens (tertiary/aromatic N) is 2. The molecule has 0 aliphatic rings. The minimum atomic E-state index is -0.560. The average Bonchev–Trinajstić information content (AvgIpc) is 2.83. The molecule has 1 aromatic rings. The highest BCUT2D eigenvalue weighted by Crippen LogP contribution is 2.18. The zero-order valence-corrected chi connectivity index (χ0v) is 13.0. The summed E-state index contributed by atoms with van der Waals surface area (Å²) in [5, 5.41) is 12.7. The largest absolute Gasteiger partial charge is 0.390 e. The van der Waals surface area contributed by atoms with Crippen LogP contribution in [-0.2, 0) is 18.4 Å². The van der Waals surface area contributed by atoms with Gasteiger partial charge in [-0.3, -0.25) is 4.79 Å². The number of aliphatic hydroxyl groups excluding tert-OH is 1. The van der Waals surface area contributed by atoms with Gasteiger partial charge in [0, 0.05) is 7.05 Å². The zero-order chi connectivity index (χ0) is 15.2. The molecule has 0 unspecified atom stereocenters. The smallest absolute Gasteiger partial charge is 0.231 e. The van der Waals surface area contributed by atoms with Crippen LogP contribution in [0.2, 0.25) is 0 Å². The summed E-state index contributed by atoms with van der Waals surface area (Å²) in [7, 11) is 1.81. The molecule has 0 atom stereocenters. The number of rotatable bonds is 7. The van der Waals surface area contributed by atoms with Gasteiger partial charge in [0.2, 0.25) is 5.91 Å². The Kier molecular flexibility index (Phi) is 6.11. The van der Waals surface area contributed by atoms with E-state index in [9.17, 15) is 4.79 Å². The highest BCUT2D eigenvalue weighted by molar-refractivity contribution is 7.99. The lowest BCUT2D eigenvalue weighted by atomic mass is 9.94. The van der Waals surface area contributed by atoms with E-state index in [-0.39, 0.29) is 18.3 Å². The first-order chi connectivity index (χ1) is 9.51. The zero-order valence-electron chi connectivity index (χ0n) is 12.1. The molecule has 5 nitrogen and oxygen atoms in total. The van der Waals surface area contributed by atoms with Gasteiger partial charge in [-0.15, -0.1) is 6.42 Å². The summed E-state index contributed by atoms with van der Waals surface area (Å²) >= 11 is 1.32. The van der Waals surface area contributed by atoms with E-state index in [4.69, 9.17) is 11.5 Å². The molecule has 1 rings (SSSR count). The maximum atomic E-state index is 12.0. The lowest BCUT2D eigenvalue weighted by Gasteiger charge is -2.26. The fraction of sp³-hybridized carbons (Fsp3) is 0.571. The van der Waals surface area contributed by atoms with Crippen LogP contribution in [-0.4, -0.2) is 31.9 Å². The molecular weight excluding hydrogens is 274 g/mol. The van der Waals surface area contributed by atoms with E-state index >= 15 is 0 Å². The van der Waals surface area contributed by atoms with Crippen molar-refractivity contribution >= 4 is 17.7 Å². The molecule has 1 amide bonds. The Morgan fingerprint density at radius 1 is 1.60 bits per heavy atom. The maximum absolute atomic E-state index is 12.0. The summed E-state index contributed by atoms with van der Waals surface area (Å²) in [5.41, 5.74) is 0.156. The second-order valence-corrected chi connectivity index (χ2v) is 5.46. The van der Waals surface area contributed by atoms with Crippen LogP contribution in [0.15, 0.2) is 11.4 Å². The van der Waals surface area contributed by atoms with Gasteiger partial charge in [0.1, 0.15) is 5.54 Å². The monoisotopic (exact) mass is 295 g/mol. The van der Waals surface area contributed by atoms with Gasteiger partial charge in [-0.25, -0.2) is 4.98 Å². The van der Waals surface area contributed by atoms with E-state index in [2.05, 4.69) is 16.2 Å². The van der Waals surface area contributed by atoms with Crippen molar-refractivity contribution in [3.05, 3.63) is 11.9 Å². The summed E-state index contributed by atoms with van der Waals surface area (Å²) in [6, 6.07) is 0. The van der Waals surface area contributed by atoms with E-state index < -0.39 is 5.54 Å². The molecule has 6 heteroatoms. The number of thioether (sulfide) groups is 1. The van der Waals surface area contributed by atoms with E-state index in [1.807, 2.05) is 20.9 Å². The highest BCUT2D eigenvalue weighted by atomic mass is 32.2. The van der Waals surface area contributed by atoms with Gasteiger partial charge in [0.25, 0.3) is 0 Å². The predicted octanol–water partition coefficient (Wildman–Crippen LogP) is 1.31. The van der Waals surface area contributed by atoms with Gasteiger partial charge in [0.15, 0.2) is 5.16 Å². The third-order valence-electron chi connectivity index (χ3n) is 3.40. The minimum absolute atomic E-state index is 0.0673. The van der Waals surface area contributed by atoms with Crippen molar-refractivity contribution in [2.45, 2.75) is 44.0 Å². The van der Waals surface area contributed by atoms with E-state index in [0.717, 1.165) is 0 Å². The molecule has 0 fully saturated rings. The molecule has 0 spiro atoms. The Morgan fingerprint density at radius 3 is 2.70 bits per heavy atom. The molecule has 0 saturated heterocycles. The first kappa shape index (κ1) is 16.6. The van der Waals surface area contributed by atoms with Crippen molar-refractivity contribution in [2.24, 2.45) is 7.05 Å². The van der Waals surface area contributed by atoms with Gasteiger partial charge in [-0.2, -0.15) is 0 Å². The van der Waals surface area contributed by atoms with Crippen LogP contribution in [0.25, 0.3) is 0 Å². The van der Waals surface area contributed by atoms with E-state index in [1.54, 1.807) is 10.8 Å². The fourth-order valence-corrected chi connectivity index (χ4v) is 2.58. The van der Waals surface area contributed by atoms with Crippen LogP contribution < -0.4 is 5.32 Å². The number of terminal acetylenes is 1. The first-order valence-corrected chi connectivity index (χ1v) is 7.53. The third kappa shape index (κ3) is 3.78. The molecular formula is C14H21N3O2S. The minimum Gasteiger partial charge on any atom is -0.390 e. The molecule has 1 aromatic heterocycles. The average molecular weight is 295 g/mol. The summed E-state index contributed by atoms with van der Waals surface area (Å²) in [6.07, 6.45) is 8.52. The number of carbonyl (C=O) groups excluding carboxylic acids is 1. The highest BCUT2D eigenvalue weighted by Gasteiger charge is 2.25. The van der Waals surface area contributed by atoms with Gasteiger partial charge in [-0.1, -0.05) is 31.5 Å². The molecule has 110 valence electrons. The summed E-state index contributed by atoms with van der Waals surface area (Å²) in [4.78, 5) is 16.1. The number of hydrogen-bond donors (Lipinski definition) is 2. The predicted molar refractivity (Wildman–Crippen MR) is 80.1 cm³/mol. The number of nitrogens with one attached hydrogen (secondary N) is 1. The normalized spacial score (nSPS) is 11.2. The number of carbonyl (C=O) groups is 1. The molecule has 0 radical (unpaired) electrons. The van der Waals surface area contributed by atoms with Crippen LogP contribution in [0.5, 0.6) is 0 Å². The fourth-order valence-electron chi connectivity index (χ4n) is 1.81. The summed E-state index contributed by atoms with van der Waals surface area (Å²) < 4.78 is 1.77. The van der Waals surface area contributed by atoms with Gasteiger partial charge in [0.05, 0.1) is 24.3 Å². The third-order valence-corrected chi connectivity index (χ3v) is 4.44. The van der Waals surface area contributed by atoms with Crippen LogP contribution in [0.4, 0.5) is 0 Å². The number of aromatic nitrogens is 2. The van der Waals surface area contributed by atoms with Gasteiger partial charge in [-0.05, 0) is 12.8 Å². The lowest BCUT2D eigenvalue weighted by Crippen LogP contribution is -2.47. The lowest BCUT2D eigenvalue weighted by molar-refractivity contribution is -0.119. The van der Waals surface area contributed by atoms with Crippen molar-refractivity contribution in [3.8, 4) is 12.3 Å². The number of aliphatic hydroxyl groups is 1. The molecule has 2 N–H and O–H groups in total. The molecule has 1 heterocycles. The molecule has 0 saturated carbocycles. The molecule has 0 bridgehead atoms. The molecule has 20 heavy (non-hydrogen) atoms. The number of hydrogen-bond acceptors (Lipinski definition) is 4. The van der Waals surface area contributed by atoms with E-state index in [0.29, 0.717) is 23.7 Å². The van der Waals surface area contributed by atoms with Crippen molar-refractivity contribution in [1.29, 1.82) is 0 Å². The second kappa shape index (κ2) is 7.36. The molecule has 0 aromatic carbocycles. The number of imidazole rings is 1.